The van der Waals surface area contributed by atoms with Crippen LogP contribution >= 0.6 is 23.4 Å². The van der Waals surface area contributed by atoms with E-state index in [1.807, 2.05) is 30.3 Å². The molecule has 0 amide bonds. The van der Waals surface area contributed by atoms with E-state index < -0.39 is 0 Å². The van der Waals surface area contributed by atoms with Gasteiger partial charge in [0.15, 0.2) is 0 Å². The molecule has 0 aliphatic heterocycles. The highest BCUT2D eigenvalue weighted by atomic mass is 35.5. The minimum Gasteiger partial charge on any atom is -0.420 e. The molecule has 0 unspecified atom stereocenters. The molecule has 0 radical (unpaired) electrons. The van der Waals surface area contributed by atoms with Gasteiger partial charge < -0.3 is 4.42 Å². The zero-order valence-corrected chi connectivity index (χ0v) is 11.9. The SMILES string of the molecule is Clc1ccc(-c2nnc(CSc3ccccn3)o2)cc1. The Hall–Kier alpha value is -1.85. The molecule has 0 bridgehead atoms. The quantitative estimate of drug-likeness (QED) is 0.680. The Balaban J connectivity index is 1.69. The van der Waals surface area contributed by atoms with Gasteiger partial charge in [-0.2, -0.15) is 0 Å². The van der Waals surface area contributed by atoms with Gasteiger partial charge in [0.2, 0.25) is 11.8 Å². The second-order valence-corrected chi connectivity index (χ2v) is 5.40. The second-order valence-electron chi connectivity index (χ2n) is 3.96. The molecular formula is C14H10ClN3OS. The van der Waals surface area contributed by atoms with E-state index in [1.165, 1.54) is 0 Å². The van der Waals surface area contributed by atoms with E-state index in [1.54, 1.807) is 30.1 Å². The third kappa shape index (κ3) is 3.18. The molecular weight excluding hydrogens is 294 g/mol. The molecule has 0 saturated heterocycles. The number of hydrogen-bond donors (Lipinski definition) is 0. The second kappa shape index (κ2) is 6.07. The maximum Gasteiger partial charge on any atom is 0.247 e. The van der Waals surface area contributed by atoms with Crippen molar-refractivity contribution in [3.63, 3.8) is 0 Å². The van der Waals surface area contributed by atoms with Gasteiger partial charge in [-0.3, -0.25) is 0 Å². The van der Waals surface area contributed by atoms with Crippen LogP contribution < -0.4 is 0 Å². The minimum absolute atomic E-state index is 0.498. The molecule has 0 N–H and O–H groups in total. The molecule has 1 aromatic carbocycles. The maximum absolute atomic E-state index is 5.84. The van der Waals surface area contributed by atoms with Crippen molar-refractivity contribution in [1.82, 2.24) is 15.2 Å². The molecule has 0 atom stereocenters. The number of rotatable bonds is 4. The number of halogens is 1. The van der Waals surface area contributed by atoms with E-state index >= 15 is 0 Å². The molecule has 100 valence electrons. The molecule has 0 aliphatic rings. The molecule has 0 saturated carbocycles. The van der Waals surface area contributed by atoms with Gasteiger partial charge in [-0.15, -0.1) is 10.2 Å². The van der Waals surface area contributed by atoms with Crippen LogP contribution in [0.5, 0.6) is 0 Å². The largest absolute Gasteiger partial charge is 0.420 e. The van der Waals surface area contributed by atoms with Crippen LogP contribution in [0, 0.1) is 0 Å². The van der Waals surface area contributed by atoms with Gasteiger partial charge in [0.1, 0.15) is 0 Å². The normalized spacial score (nSPS) is 10.7. The van der Waals surface area contributed by atoms with Crippen molar-refractivity contribution in [2.45, 2.75) is 10.8 Å². The zero-order chi connectivity index (χ0) is 13.8. The summed E-state index contributed by atoms with van der Waals surface area (Å²) in [6.07, 6.45) is 1.76. The number of aromatic nitrogens is 3. The Morgan fingerprint density at radius 2 is 1.90 bits per heavy atom. The van der Waals surface area contributed by atoms with Crippen molar-refractivity contribution in [2.75, 3.05) is 0 Å². The lowest BCUT2D eigenvalue weighted by Crippen LogP contribution is -1.82. The predicted molar refractivity (Wildman–Crippen MR) is 78.5 cm³/mol. The standard InChI is InChI=1S/C14H10ClN3OS/c15-11-6-4-10(5-7-11)14-18-17-12(19-14)9-20-13-3-1-2-8-16-13/h1-8H,9H2. The van der Waals surface area contributed by atoms with Crippen LogP contribution in [-0.4, -0.2) is 15.2 Å². The Labute approximate surface area is 125 Å². The van der Waals surface area contributed by atoms with Gasteiger partial charge in [-0.05, 0) is 36.4 Å². The van der Waals surface area contributed by atoms with Crippen molar-refractivity contribution in [3.8, 4) is 11.5 Å². The molecule has 2 aromatic heterocycles. The summed E-state index contributed by atoms with van der Waals surface area (Å²) in [7, 11) is 0. The highest BCUT2D eigenvalue weighted by molar-refractivity contribution is 7.98. The van der Waals surface area contributed by atoms with E-state index in [9.17, 15) is 0 Å². The van der Waals surface area contributed by atoms with Gasteiger partial charge in [0, 0.05) is 16.8 Å². The number of thioether (sulfide) groups is 1. The fraction of sp³-hybridized carbons (Fsp3) is 0.0714. The lowest BCUT2D eigenvalue weighted by Gasteiger charge is -1.96. The van der Waals surface area contributed by atoms with Crippen LogP contribution in [0.4, 0.5) is 0 Å². The molecule has 4 nitrogen and oxygen atoms in total. The van der Waals surface area contributed by atoms with Crippen molar-refractivity contribution in [1.29, 1.82) is 0 Å². The minimum atomic E-state index is 0.498. The fourth-order valence-corrected chi connectivity index (χ4v) is 2.41. The zero-order valence-electron chi connectivity index (χ0n) is 10.4. The van der Waals surface area contributed by atoms with Crippen molar-refractivity contribution in [2.24, 2.45) is 0 Å². The molecule has 0 aliphatic carbocycles. The summed E-state index contributed by atoms with van der Waals surface area (Å²) in [6.45, 7) is 0. The summed E-state index contributed by atoms with van der Waals surface area (Å²) >= 11 is 7.40. The van der Waals surface area contributed by atoms with Crippen LogP contribution in [0.25, 0.3) is 11.5 Å². The smallest absolute Gasteiger partial charge is 0.247 e. The average Bonchev–Trinajstić information content (AvgIpc) is 2.96. The van der Waals surface area contributed by atoms with E-state index in [0.717, 1.165) is 10.6 Å². The summed E-state index contributed by atoms with van der Waals surface area (Å²) in [6, 6.07) is 13.1. The summed E-state index contributed by atoms with van der Waals surface area (Å²) in [5, 5.41) is 9.68. The van der Waals surface area contributed by atoms with Crippen LogP contribution in [0.3, 0.4) is 0 Å². The lowest BCUT2D eigenvalue weighted by molar-refractivity contribution is 0.528. The van der Waals surface area contributed by atoms with Crippen LogP contribution in [-0.2, 0) is 5.75 Å². The van der Waals surface area contributed by atoms with Crippen LogP contribution in [0.1, 0.15) is 5.89 Å². The Morgan fingerprint density at radius 1 is 1.05 bits per heavy atom. The molecule has 3 aromatic rings. The topological polar surface area (TPSA) is 51.8 Å². The number of benzene rings is 1. The molecule has 2 heterocycles. The lowest BCUT2D eigenvalue weighted by atomic mass is 10.2. The van der Waals surface area contributed by atoms with Gasteiger partial charge >= 0.3 is 0 Å². The first-order valence-corrected chi connectivity index (χ1v) is 7.30. The summed E-state index contributed by atoms with van der Waals surface area (Å²) in [5.41, 5.74) is 0.857. The first-order chi connectivity index (χ1) is 9.81. The monoisotopic (exact) mass is 303 g/mol. The Bertz CT molecular complexity index is 685. The number of pyridine rings is 1. The van der Waals surface area contributed by atoms with E-state index in [2.05, 4.69) is 15.2 Å². The Morgan fingerprint density at radius 3 is 2.65 bits per heavy atom. The first-order valence-electron chi connectivity index (χ1n) is 5.93. The first kappa shape index (κ1) is 13.1. The molecule has 3 rings (SSSR count). The molecule has 6 heteroatoms. The van der Waals surface area contributed by atoms with E-state index in [0.29, 0.717) is 22.6 Å². The highest BCUT2D eigenvalue weighted by Crippen LogP contribution is 2.23. The van der Waals surface area contributed by atoms with E-state index in [4.69, 9.17) is 16.0 Å². The van der Waals surface area contributed by atoms with Crippen molar-refractivity contribution in [3.05, 3.63) is 59.6 Å². The third-order valence-electron chi connectivity index (χ3n) is 2.54. The van der Waals surface area contributed by atoms with Crippen LogP contribution in [0.15, 0.2) is 58.1 Å². The summed E-state index contributed by atoms with van der Waals surface area (Å²) in [4.78, 5) is 4.23. The van der Waals surface area contributed by atoms with Crippen molar-refractivity contribution < 1.29 is 4.42 Å². The van der Waals surface area contributed by atoms with Gasteiger partial charge in [-0.25, -0.2) is 4.98 Å². The summed E-state index contributed by atoms with van der Waals surface area (Å²) < 4.78 is 5.62. The van der Waals surface area contributed by atoms with Crippen molar-refractivity contribution >= 4 is 23.4 Å². The number of nitrogens with zero attached hydrogens (tertiary/aromatic N) is 3. The number of hydrogen-bond acceptors (Lipinski definition) is 5. The van der Waals surface area contributed by atoms with Crippen LogP contribution in [0.2, 0.25) is 5.02 Å². The maximum atomic E-state index is 5.84. The fourth-order valence-electron chi connectivity index (χ4n) is 1.59. The van der Waals surface area contributed by atoms with Gasteiger partial charge in [-0.1, -0.05) is 29.4 Å². The average molecular weight is 304 g/mol. The highest BCUT2D eigenvalue weighted by Gasteiger charge is 2.09. The van der Waals surface area contributed by atoms with Gasteiger partial charge in [0.25, 0.3) is 0 Å². The summed E-state index contributed by atoms with van der Waals surface area (Å²) in [5.74, 6) is 1.67. The predicted octanol–water partition coefficient (Wildman–Crippen LogP) is 4.08. The third-order valence-corrected chi connectivity index (χ3v) is 3.72. The van der Waals surface area contributed by atoms with E-state index in [-0.39, 0.29) is 0 Å². The molecule has 0 fully saturated rings. The van der Waals surface area contributed by atoms with Gasteiger partial charge in [0.05, 0.1) is 10.8 Å². The molecule has 20 heavy (non-hydrogen) atoms. The molecule has 0 spiro atoms. The Kier molecular flexibility index (Phi) is 3.99.